The van der Waals surface area contributed by atoms with E-state index in [1.165, 1.54) is 0 Å². The second kappa shape index (κ2) is 5.26. The fourth-order valence-corrected chi connectivity index (χ4v) is 0. The summed E-state index contributed by atoms with van der Waals surface area (Å²) in [5.41, 5.74) is 2.13. The standard InChI is InChI=1S/C6H10.K/c1-5(2)6(3)4;/h1,3H2,2,4H3;. The first-order chi connectivity index (χ1) is 2.64. The molecule has 0 saturated carbocycles. The molecule has 0 aliphatic rings. The minimum absolute atomic E-state index is 0. The van der Waals surface area contributed by atoms with Crippen LogP contribution in [0.5, 0.6) is 0 Å². The molecule has 0 bridgehead atoms. The molecule has 0 rings (SSSR count). The summed E-state index contributed by atoms with van der Waals surface area (Å²) < 4.78 is 0. The Balaban J connectivity index is 0. The second-order valence-electron chi connectivity index (χ2n) is 1.56. The SMILES string of the molecule is C=C(C)C(=C)C.[K]. The largest absolute Gasteiger partial charge is 0.0959 e. The Labute approximate surface area is 88.1 Å². The molecule has 0 spiro atoms. The van der Waals surface area contributed by atoms with Crippen LogP contribution in [0, 0.1) is 0 Å². The number of rotatable bonds is 1. The van der Waals surface area contributed by atoms with Gasteiger partial charge in [-0.05, 0) is 13.8 Å². The minimum Gasteiger partial charge on any atom is -0.0959 e. The molecule has 1 heteroatoms. The van der Waals surface area contributed by atoms with Crippen molar-refractivity contribution in [1.29, 1.82) is 0 Å². The monoisotopic (exact) mass is 121 g/mol. The van der Waals surface area contributed by atoms with Crippen LogP contribution >= 0.6 is 0 Å². The summed E-state index contributed by atoms with van der Waals surface area (Å²) in [5.74, 6) is 0. The van der Waals surface area contributed by atoms with E-state index in [0.717, 1.165) is 11.1 Å². The van der Waals surface area contributed by atoms with Gasteiger partial charge in [0.05, 0.1) is 0 Å². The summed E-state index contributed by atoms with van der Waals surface area (Å²) in [5, 5.41) is 0. The zero-order valence-electron chi connectivity index (χ0n) is 5.41. The van der Waals surface area contributed by atoms with Crippen LogP contribution < -0.4 is 0 Å². The normalized spacial score (nSPS) is 6.57. The molecular weight excluding hydrogens is 111 g/mol. The Hall–Kier alpha value is 1.12. The smallest absolute Gasteiger partial charge is 0 e. The van der Waals surface area contributed by atoms with Gasteiger partial charge in [-0.1, -0.05) is 24.3 Å². The Morgan fingerprint density at radius 2 is 1.14 bits per heavy atom. The number of allylic oxidation sites excluding steroid dienone is 2. The van der Waals surface area contributed by atoms with Gasteiger partial charge in [0.25, 0.3) is 0 Å². The molecule has 0 amide bonds. The van der Waals surface area contributed by atoms with E-state index in [2.05, 4.69) is 13.2 Å². The van der Waals surface area contributed by atoms with Crippen LogP contribution in [0.15, 0.2) is 24.3 Å². The predicted molar refractivity (Wildman–Crippen MR) is 35.4 cm³/mol. The van der Waals surface area contributed by atoms with E-state index in [-0.39, 0.29) is 51.4 Å². The third-order valence-corrected chi connectivity index (χ3v) is 0.729. The maximum Gasteiger partial charge on any atom is 0 e. The van der Waals surface area contributed by atoms with E-state index in [9.17, 15) is 0 Å². The first-order valence-corrected chi connectivity index (χ1v) is 1.96. The maximum absolute atomic E-state index is 3.66. The van der Waals surface area contributed by atoms with E-state index in [4.69, 9.17) is 0 Å². The number of hydrogen-bond donors (Lipinski definition) is 0. The molecule has 0 aromatic heterocycles. The first-order valence-electron chi connectivity index (χ1n) is 1.96. The average molecular weight is 121 g/mol. The van der Waals surface area contributed by atoms with Crippen LogP contribution in [0.4, 0.5) is 0 Å². The molecule has 0 fully saturated rings. The van der Waals surface area contributed by atoms with E-state index in [1.807, 2.05) is 13.8 Å². The van der Waals surface area contributed by atoms with Crippen LogP contribution in [0.1, 0.15) is 13.8 Å². The molecule has 0 N–H and O–H groups in total. The molecule has 0 atom stereocenters. The van der Waals surface area contributed by atoms with Gasteiger partial charge in [-0.25, -0.2) is 0 Å². The number of hydrogen-bond acceptors (Lipinski definition) is 0. The Morgan fingerprint density at radius 3 is 1.14 bits per heavy atom. The molecule has 0 saturated heterocycles. The van der Waals surface area contributed by atoms with E-state index < -0.39 is 0 Å². The van der Waals surface area contributed by atoms with Crippen LogP contribution in [0.2, 0.25) is 0 Å². The topological polar surface area (TPSA) is 0 Å². The van der Waals surface area contributed by atoms with Gasteiger partial charge in [0.2, 0.25) is 0 Å². The van der Waals surface area contributed by atoms with Crippen molar-refractivity contribution in [2.45, 2.75) is 13.8 Å². The molecule has 1 radical (unpaired) electrons. The summed E-state index contributed by atoms with van der Waals surface area (Å²) >= 11 is 0. The molecule has 35 valence electrons. The van der Waals surface area contributed by atoms with Gasteiger partial charge in [-0.2, -0.15) is 0 Å². The Morgan fingerprint density at radius 1 is 1.00 bits per heavy atom. The van der Waals surface area contributed by atoms with Crippen molar-refractivity contribution in [2.75, 3.05) is 0 Å². The molecule has 0 aromatic rings. The third kappa shape index (κ3) is 7.12. The predicted octanol–water partition coefficient (Wildman–Crippen LogP) is 1.76. The van der Waals surface area contributed by atoms with Gasteiger partial charge in [-0.3, -0.25) is 0 Å². The van der Waals surface area contributed by atoms with Gasteiger partial charge in [0, 0.05) is 51.4 Å². The minimum atomic E-state index is 0. The van der Waals surface area contributed by atoms with Crippen molar-refractivity contribution >= 4 is 51.4 Å². The zero-order valence-corrected chi connectivity index (χ0v) is 8.54. The molecule has 0 aliphatic carbocycles. The fraction of sp³-hybridized carbons (Fsp3) is 0.333. The van der Waals surface area contributed by atoms with Crippen LogP contribution in [-0.2, 0) is 0 Å². The van der Waals surface area contributed by atoms with Gasteiger partial charge < -0.3 is 0 Å². The van der Waals surface area contributed by atoms with Crippen molar-refractivity contribution in [1.82, 2.24) is 0 Å². The van der Waals surface area contributed by atoms with Gasteiger partial charge >= 0.3 is 0 Å². The van der Waals surface area contributed by atoms with Crippen LogP contribution in [0.25, 0.3) is 0 Å². The van der Waals surface area contributed by atoms with E-state index >= 15 is 0 Å². The van der Waals surface area contributed by atoms with Crippen molar-refractivity contribution in [3.05, 3.63) is 24.3 Å². The molecule has 0 aliphatic heterocycles. The van der Waals surface area contributed by atoms with Gasteiger partial charge in [0.1, 0.15) is 0 Å². The van der Waals surface area contributed by atoms with Crippen molar-refractivity contribution in [3.63, 3.8) is 0 Å². The molecule has 0 heterocycles. The molecule has 0 nitrogen and oxygen atoms in total. The summed E-state index contributed by atoms with van der Waals surface area (Å²) in [4.78, 5) is 0. The maximum atomic E-state index is 3.66. The third-order valence-electron chi connectivity index (χ3n) is 0.729. The van der Waals surface area contributed by atoms with Gasteiger partial charge in [0.15, 0.2) is 0 Å². The van der Waals surface area contributed by atoms with E-state index in [1.54, 1.807) is 0 Å². The summed E-state index contributed by atoms with van der Waals surface area (Å²) in [6, 6.07) is 0. The van der Waals surface area contributed by atoms with E-state index in [0.29, 0.717) is 0 Å². The average Bonchev–Trinajstić information content (AvgIpc) is 1.36. The second-order valence-corrected chi connectivity index (χ2v) is 1.56. The van der Waals surface area contributed by atoms with Gasteiger partial charge in [-0.15, -0.1) is 0 Å². The van der Waals surface area contributed by atoms with Crippen molar-refractivity contribution in [2.24, 2.45) is 0 Å². The first kappa shape index (κ1) is 11.0. The zero-order chi connectivity index (χ0) is 5.15. The Bertz CT molecular complexity index is 70.2. The molecular formula is C6H10K. The summed E-state index contributed by atoms with van der Waals surface area (Å²) in [6.45, 7) is 11.2. The summed E-state index contributed by atoms with van der Waals surface area (Å²) in [7, 11) is 0. The van der Waals surface area contributed by atoms with Crippen molar-refractivity contribution < 1.29 is 0 Å². The van der Waals surface area contributed by atoms with Crippen LogP contribution in [-0.4, -0.2) is 51.4 Å². The van der Waals surface area contributed by atoms with Crippen molar-refractivity contribution in [3.8, 4) is 0 Å². The molecule has 7 heavy (non-hydrogen) atoms. The molecule has 0 aromatic carbocycles. The Kier molecular flexibility index (Phi) is 8.25. The summed E-state index contributed by atoms with van der Waals surface area (Å²) in [6.07, 6.45) is 0. The fourth-order valence-electron chi connectivity index (χ4n) is 0. The quantitative estimate of drug-likeness (QED) is 0.366. The van der Waals surface area contributed by atoms with Crippen LogP contribution in [0.3, 0.4) is 0 Å². The molecule has 0 unspecified atom stereocenters.